The van der Waals surface area contributed by atoms with Gasteiger partial charge in [-0.3, -0.25) is 4.98 Å². The van der Waals surface area contributed by atoms with Gasteiger partial charge in [0.1, 0.15) is 0 Å². The van der Waals surface area contributed by atoms with E-state index in [4.69, 9.17) is 0 Å². The van der Waals surface area contributed by atoms with Gasteiger partial charge in [0, 0.05) is 11.9 Å². The molecule has 0 N–H and O–H groups in total. The molecule has 0 atom stereocenters. The Labute approximate surface area is 65.4 Å². The fourth-order valence-corrected chi connectivity index (χ4v) is 0.821. The van der Waals surface area contributed by atoms with Crippen molar-refractivity contribution in [2.45, 2.75) is 13.3 Å². The molecule has 0 aromatic carbocycles. The third-order valence-corrected chi connectivity index (χ3v) is 1.46. The normalized spacial score (nSPS) is 9.55. The second-order valence-electron chi connectivity index (χ2n) is 2.41. The first kappa shape index (κ1) is 7.85. The van der Waals surface area contributed by atoms with Gasteiger partial charge in [0.15, 0.2) is 0 Å². The van der Waals surface area contributed by atoms with E-state index in [1.165, 1.54) is 0 Å². The van der Waals surface area contributed by atoms with Crippen LogP contribution in [0.5, 0.6) is 0 Å². The Balaban J connectivity index is 2.58. The number of rotatable bonds is 3. The number of hydrogen-bond acceptors (Lipinski definition) is 3. The fourth-order valence-electron chi connectivity index (χ4n) is 0.821. The Morgan fingerprint density at radius 1 is 1.55 bits per heavy atom. The van der Waals surface area contributed by atoms with Crippen molar-refractivity contribution in [2.24, 2.45) is 5.18 Å². The van der Waals surface area contributed by atoms with E-state index in [2.05, 4.69) is 10.2 Å². The molecule has 0 unspecified atom stereocenters. The summed E-state index contributed by atoms with van der Waals surface area (Å²) in [6, 6.07) is 3.90. The van der Waals surface area contributed by atoms with Gasteiger partial charge in [0.05, 0.1) is 6.54 Å². The van der Waals surface area contributed by atoms with Gasteiger partial charge in [-0.25, -0.2) is 0 Å². The molecule has 1 heterocycles. The quantitative estimate of drug-likeness (QED) is 0.615. The summed E-state index contributed by atoms with van der Waals surface area (Å²) in [5.74, 6) is 0. The van der Waals surface area contributed by atoms with Crippen LogP contribution in [0.15, 0.2) is 23.5 Å². The Hall–Kier alpha value is -1.25. The highest BCUT2D eigenvalue weighted by Crippen LogP contribution is 1.99. The summed E-state index contributed by atoms with van der Waals surface area (Å²) in [5.41, 5.74) is 2.06. The van der Waals surface area contributed by atoms with E-state index >= 15 is 0 Å². The van der Waals surface area contributed by atoms with E-state index in [9.17, 15) is 4.91 Å². The van der Waals surface area contributed by atoms with E-state index in [1.54, 1.807) is 6.20 Å². The van der Waals surface area contributed by atoms with Crippen LogP contribution < -0.4 is 0 Å². The molecule has 0 aliphatic rings. The van der Waals surface area contributed by atoms with Crippen molar-refractivity contribution in [1.29, 1.82) is 0 Å². The highest BCUT2D eigenvalue weighted by atomic mass is 16.3. The molecular formula is C8H10N2O. The number of pyridine rings is 1. The molecule has 0 fully saturated rings. The molecule has 0 aliphatic carbocycles. The van der Waals surface area contributed by atoms with Crippen LogP contribution in [0.3, 0.4) is 0 Å². The molecule has 3 nitrogen and oxygen atoms in total. The summed E-state index contributed by atoms with van der Waals surface area (Å²) in [5, 5.41) is 2.78. The molecule has 0 amide bonds. The van der Waals surface area contributed by atoms with Crippen LogP contribution >= 0.6 is 0 Å². The molecule has 0 radical (unpaired) electrons. The van der Waals surface area contributed by atoms with E-state index in [1.807, 2.05) is 19.1 Å². The molecule has 1 rings (SSSR count). The van der Waals surface area contributed by atoms with Crippen molar-refractivity contribution >= 4 is 0 Å². The van der Waals surface area contributed by atoms with Gasteiger partial charge >= 0.3 is 0 Å². The monoisotopic (exact) mass is 150 g/mol. The maximum atomic E-state index is 9.77. The van der Waals surface area contributed by atoms with Crippen LogP contribution in [0.25, 0.3) is 0 Å². The lowest BCUT2D eigenvalue weighted by Crippen LogP contribution is -1.90. The second-order valence-corrected chi connectivity index (χ2v) is 2.41. The molecule has 1 aromatic rings. The molecular weight excluding hydrogens is 140 g/mol. The first-order valence-corrected chi connectivity index (χ1v) is 3.53. The summed E-state index contributed by atoms with van der Waals surface area (Å²) in [6.45, 7) is 2.27. The molecule has 0 aliphatic heterocycles. The van der Waals surface area contributed by atoms with Crippen LogP contribution in [0.4, 0.5) is 0 Å². The Bertz CT molecular complexity index is 230. The maximum Gasteiger partial charge on any atom is 0.0852 e. The number of nitrogens with zero attached hydrogens (tertiary/aromatic N) is 2. The zero-order valence-electron chi connectivity index (χ0n) is 6.45. The third-order valence-electron chi connectivity index (χ3n) is 1.46. The number of aromatic nitrogens is 1. The van der Waals surface area contributed by atoms with Gasteiger partial charge < -0.3 is 0 Å². The molecule has 1 aromatic heterocycles. The van der Waals surface area contributed by atoms with Crippen molar-refractivity contribution < 1.29 is 0 Å². The zero-order valence-corrected chi connectivity index (χ0v) is 6.45. The van der Waals surface area contributed by atoms with E-state index in [-0.39, 0.29) is 0 Å². The zero-order chi connectivity index (χ0) is 8.10. The summed E-state index contributed by atoms with van der Waals surface area (Å²) in [6.07, 6.45) is 2.47. The van der Waals surface area contributed by atoms with E-state index in [0.29, 0.717) is 13.0 Å². The van der Waals surface area contributed by atoms with E-state index < -0.39 is 0 Å². The van der Waals surface area contributed by atoms with E-state index in [0.717, 1.165) is 11.3 Å². The molecule has 0 spiro atoms. The average molecular weight is 150 g/mol. The van der Waals surface area contributed by atoms with Crippen molar-refractivity contribution in [3.05, 3.63) is 34.5 Å². The minimum absolute atomic E-state index is 0.338. The van der Waals surface area contributed by atoms with Crippen molar-refractivity contribution in [2.75, 3.05) is 6.54 Å². The lowest BCUT2D eigenvalue weighted by Gasteiger charge is -1.95. The Morgan fingerprint density at radius 3 is 2.91 bits per heavy atom. The number of nitroso groups, excluding NO2 is 1. The highest BCUT2D eigenvalue weighted by Gasteiger charge is 1.91. The van der Waals surface area contributed by atoms with Crippen molar-refractivity contribution in [3.8, 4) is 0 Å². The predicted octanol–water partition coefficient (Wildman–Crippen LogP) is 1.70. The standard InChI is InChI=1S/C8H10N2O/c1-7-2-3-8(6-9-7)4-5-10-11/h2-3,6H,4-5H2,1H3. The summed E-state index contributed by atoms with van der Waals surface area (Å²) in [4.78, 5) is 13.9. The van der Waals surface area contributed by atoms with Crippen molar-refractivity contribution in [3.63, 3.8) is 0 Å². The first-order valence-electron chi connectivity index (χ1n) is 3.53. The molecule has 11 heavy (non-hydrogen) atoms. The average Bonchev–Trinajstić information content (AvgIpc) is 2.04. The molecule has 0 bridgehead atoms. The van der Waals surface area contributed by atoms with Crippen LogP contribution in [0, 0.1) is 11.8 Å². The van der Waals surface area contributed by atoms with Gasteiger partial charge in [-0.05, 0) is 25.0 Å². The van der Waals surface area contributed by atoms with Gasteiger partial charge in [0.2, 0.25) is 0 Å². The lowest BCUT2D eigenvalue weighted by molar-refractivity contribution is 0.947. The third kappa shape index (κ3) is 2.45. The largest absolute Gasteiger partial charge is 0.261 e. The van der Waals surface area contributed by atoms with Crippen LogP contribution in [-0.4, -0.2) is 11.5 Å². The topological polar surface area (TPSA) is 42.3 Å². The number of hydrogen-bond donors (Lipinski definition) is 0. The smallest absolute Gasteiger partial charge is 0.0852 e. The predicted molar refractivity (Wildman–Crippen MR) is 43.3 cm³/mol. The summed E-state index contributed by atoms with van der Waals surface area (Å²) >= 11 is 0. The van der Waals surface area contributed by atoms with Gasteiger partial charge in [-0.15, -0.1) is 0 Å². The summed E-state index contributed by atoms with van der Waals surface area (Å²) in [7, 11) is 0. The minimum Gasteiger partial charge on any atom is -0.261 e. The fraction of sp³-hybridized carbons (Fsp3) is 0.375. The second kappa shape index (κ2) is 3.81. The Morgan fingerprint density at radius 2 is 2.36 bits per heavy atom. The maximum absolute atomic E-state index is 9.77. The van der Waals surface area contributed by atoms with Gasteiger partial charge in [-0.1, -0.05) is 11.2 Å². The van der Waals surface area contributed by atoms with Crippen LogP contribution in [-0.2, 0) is 6.42 Å². The summed E-state index contributed by atoms with van der Waals surface area (Å²) < 4.78 is 0. The Kier molecular flexibility index (Phi) is 2.72. The van der Waals surface area contributed by atoms with Crippen molar-refractivity contribution in [1.82, 2.24) is 4.98 Å². The first-order chi connectivity index (χ1) is 5.33. The van der Waals surface area contributed by atoms with Crippen LogP contribution in [0.1, 0.15) is 11.3 Å². The van der Waals surface area contributed by atoms with Gasteiger partial charge in [-0.2, -0.15) is 4.91 Å². The van der Waals surface area contributed by atoms with Gasteiger partial charge in [0.25, 0.3) is 0 Å². The SMILES string of the molecule is Cc1ccc(CCN=O)cn1. The lowest BCUT2D eigenvalue weighted by atomic mass is 10.2. The molecule has 3 heteroatoms. The minimum atomic E-state index is 0.338. The molecule has 0 saturated carbocycles. The molecule has 58 valence electrons. The highest BCUT2D eigenvalue weighted by molar-refractivity contribution is 5.13. The van der Waals surface area contributed by atoms with Crippen LogP contribution in [0.2, 0.25) is 0 Å². The molecule has 0 saturated heterocycles. The number of aryl methyl sites for hydroxylation is 1.